The molecule has 5 nitrogen and oxygen atoms in total. The molecule has 0 aromatic heterocycles. The smallest absolute Gasteiger partial charge is 0.257 e. The number of hydrogen-bond donors (Lipinski definition) is 1. The van der Waals surface area contributed by atoms with Crippen molar-refractivity contribution in [3.8, 4) is 0 Å². The molecule has 0 aliphatic heterocycles. The summed E-state index contributed by atoms with van der Waals surface area (Å²) < 4.78 is 0. The lowest BCUT2D eigenvalue weighted by molar-refractivity contribution is 0.0628. The number of nitrogens with one attached hydrogen (secondary N) is 1. The Bertz CT molecular complexity index is 1210. The Morgan fingerprint density at radius 2 is 1.66 bits per heavy atom. The Balaban J connectivity index is 1.97. The van der Waals surface area contributed by atoms with Gasteiger partial charge < -0.3 is 15.1 Å². The first-order valence-electron chi connectivity index (χ1n) is 11.8. The van der Waals surface area contributed by atoms with Crippen molar-refractivity contribution in [1.29, 1.82) is 0 Å². The molecule has 0 spiro atoms. The highest BCUT2D eigenvalue weighted by molar-refractivity contribution is 6.34. The van der Waals surface area contributed by atoms with Crippen LogP contribution in [0.5, 0.6) is 0 Å². The van der Waals surface area contributed by atoms with Gasteiger partial charge >= 0.3 is 0 Å². The normalized spacial score (nSPS) is 11.8. The molecule has 0 radical (unpaired) electrons. The minimum atomic E-state index is -0.276. The fourth-order valence-electron chi connectivity index (χ4n) is 3.96. The van der Waals surface area contributed by atoms with E-state index in [1.54, 1.807) is 24.3 Å². The zero-order chi connectivity index (χ0) is 25.7. The largest absolute Gasteiger partial charge is 0.377 e. The minimum Gasteiger partial charge on any atom is -0.377 e. The maximum atomic E-state index is 13.6. The third-order valence-electron chi connectivity index (χ3n) is 6.26. The molecule has 0 saturated carbocycles. The van der Waals surface area contributed by atoms with Crippen LogP contribution in [0.1, 0.15) is 52.6 Å². The lowest BCUT2D eigenvalue weighted by Gasteiger charge is -2.33. The van der Waals surface area contributed by atoms with Crippen molar-refractivity contribution in [2.24, 2.45) is 5.92 Å². The van der Waals surface area contributed by atoms with Crippen LogP contribution in [0.15, 0.2) is 66.7 Å². The van der Waals surface area contributed by atoms with Crippen LogP contribution in [0.3, 0.4) is 0 Å². The Kier molecular flexibility index (Phi) is 8.57. The highest BCUT2D eigenvalue weighted by Gasteiger charge is 2.25. The van der Waals surface area contributed by atoms with Gasteiger partial charge in [0.25, 0.3) is 11.8 Å². The molecule has 3 aromatic rings. The second kappa shape index (κ2) is 11.4. The maximum absolute atomic E-state index is 13.6. The Hall–Kier alpha value is -3.31. The van der Waals surface area contributed by atoms with E-state index < -0.39 is 0 Å². The quantitative estimate of drug-likeness (QED) is 0.383. The van der Waals surface area contributed by atoms with Crippen molar-refractivity contribution in [2.75, 3.05) is 24.3 Å². The van der Waals surface area contributed by atoms with Crippen LogP contribution >= 0.6 is 11.6 Å². The highest BCUT2D eigenvalue weighted by atomic mass is 35.5. The molecule has 0 heterocycles. The third kappa shape index (κ3) is 6.43. The summed E-state index contributed by atoms with van der Waals surface area (Å²) in [6, 6.07) is 20.4. The van der Waals surface area contributed by atoms with Crippen LogP contribution < -0.4 is 10.2 Å². The molecule has 184 valence electrons. The molecular formula is C29H34ClN3O2. The summed E-state index contributed by atoms with van der Waals surface area (Å²) in [5.41, 5.74) is 4.71. The summed E-state index contributed by atoms with van der Waals surface area (Å²) >= 11 is 6.21. The zero-order valence-electron chi connectivity index (χ0n) is 21.3. The van der Waals surface area contributed by atoms with Crippen LogP contribution in [0.25, 0.3) is 0 Å². The summed E-state index contributed by atoms with van der Waals surface area (Å²) in [5.74, 6) is -0.0119. The molecular weight excluding hydrogens is 458 g/mol. The summed E-state index contributed by atoms with van der Waals surface area (Å²) in [4.78, 5) is 30.4. The first-order valence-corrected chi connectivity index (χ1v) is 12.2. The standard InChI is InChI=1S/C29H34ClN3O2/c1-19(2)21(4)33(29(35)22-11-9-10-20(3)16-22)18-23-17-24(14-15-27(23)32(5)6)31-28(34)25-12-7-8-13-26(25)30/h7-17,19,21H,18H2,1-6H3,(H,31,34)/t21-/m0/s1. The fraction of sp³-hybridized carbons (Fsp3) is 0.310. The number of carbonyl (C=O) groups is 2. The van der Waals surface area contributed by atoms with Crippen molar-refractivity contribution in [1.82, 2.24) is 4.90 Å². The van der Waals surface area contributed by atoms with Crippen molar-refractivity contribution in [2.45, 2.75) is 40.3 Å². The van der Waals surface area contributed by atoms with E-state index in [0.717, 1.165) is 16.8 Å². The van der Waals surface area contributed by atoms with Gasteiger partial charge in [0.2, 0.25) is 0 Å². The number of halogens is 1. The van der Waals surface area contributed by atoms with E-state index >= 15 is 0 Å². The summed E-state index contributed by atoms with van der Waals surface area (Å²) in [7, 11) is 3.94. The van der Waals surface area contributed by atoms with Crippen LogP contribution in [0, 0.1) is 12.8 Å². The molecule has 0 fully saturated rings. The predicted octanol–water partition coefficient (Wildman–Crippen LogP) is 6.65. The van der Waals surface area contributed by atoms with E-state index in [4.69, 9.17) is 11.6 Å². The van der Waals surface area contributed by atoms with Gasteiger partial charge in [0.05, 0.1) is 10.6 Å². The van der Waals surface area contributed by atoms with Crippen molar-refractivity contribution in [3.05, 3.63) is 94.0 Å². The van der Waals surface area contributed by atoms with Crippen molar-refractivity contribution in [3.63, 3.8) is 0 Å². The molecule has 2 amide bonds. The van der Waals surface area contributed by atoms with Crippen molar-refractivity contribution >= 4 is 34.8 Å². The summed E-state index contributed by atoms with van der Waals surface area (Å²) in [5, 5.41) is 3.35. The number of hydrogen-bond acceptors (Lipinski definition) is 3. The number of rotatable bonds is 8. The Morgan fingerprint density at radius 3 is 2.29 bits per heavy atom. The number of carbonyl (C=O) groups excluding carboxylic acids is 2. The fourth-order valence-corrected chi connectivity index (χ4v) is 4.18. The number of aryl methyl sites for hydroxylation is 1. The molecule has 0 bridgehead atoms. The van der Waals surface area contributed by atoms with E-state index in [2.05, 4.69) is 26.1 Å². The molecule has 35 heavy (non-hydrogen) atoms. The van der Waals surface area contributed by atoms with Gasteiger partial charge in [-0.15, -0.1) is 0 Å². The van der Waals surface area contributed by atoms with E-state index in [0.29, 0.717) is 28.4 Å². The number of nitrogens with zero attached hydrogens (tertiary/aromatic N) is 2. The van der Waals surface area contributed by atoms with Gasteiger partial charge in [-0.3, -0.25) is 9.59 Å². The SMILES string of the molecule is Cc1cccc(C(=O)N(Cc2cc(NC(=O)c3ccccc3Cl)ccc2N(C)C)[C@@H](C)C(C)C)c1. The molecule has 0 unspecified atom stereocenters. The van der Waals surface area contributed by atoms with E-state index in [9.17, 15) is 9.59 Å². The molecule has 1 N–H and O–H groups in total. The van der Waals surface area contributed by atoms with Gasteiger partial charge in [0, 0.05) is 43.6 Å². The summed E-state index contributed by atoms with van der Waals surface area (Å²) in [6.45, 7) is 8.72. The van der Waals surface area contributed by atoms with Crippen LogP contribution in [0.4, 0.5) is 11.4 Å². The van der Waals surface area contributed by atoms with E-state index in [1.807, 2.05) is 73.3 Å². The van der Waals surface area contributed by atoms with Gasteiger partial charge in [-0.25, -0.2) is 0 Å². The molecule has 3 rings (SSSR count). The third-order valence-corrected chi connectivity index (χ3v) is 6.59. The van der Waals surface area contributed by atoms with Gasteiger partial charge in [-0.05, 0) is 67.8 Å². The topological polar surface area (TPSA) is 52.7 Å². The van der Waals surface area contributed by atoms with Gasteiger partial charge in [0.1, 0.15) is 0 Å². The predicted molar refractivity (Wildman–Crippen MR) is 146 cm³/mol. The second-order valence-electron chi connectivity index (χ2n) is 9.46. The minimum absolute atomic E-state index is 0.00916. The monoisotopic (exact) mass is 491 g/mol. The number of benzene rings is 3. The first-order chi connectivity index (χ1) is 16.6. The van der Waals surface area contributed by atoms with E-state index in [-0.39, 0.29) is 23.8 Å². The molecule has 0 aliphatic rings. The average Bonchev–Trinajstić information content (AvgIpc) is 2.81. The number of amides is 2. The molecule has 0 saturated heterocycles. The molecule has 0 aliphatic carbocycles. The Morgan fingerprint density at radius 1 is 0.943 bits per heavy atom. The number of anilines is 2. The van der Waals surface area contributed by atoms with Crippen LogP contribution in [0.2, 0.25) is 5.02 Å². The highest BCUT2D eigenvalue weighted by Crippen LogP contribution is 2.28. The van der Waals surface area contributed by atoms with E-state index in [1.165, 1.54) is 0 Å². The van der Waals surface area contributed by atoms with Crippen LogP contribution in [-0.4, -0.2) is 36.9 Å². The lowest BCUT2D eigenvalue weighted by atomic mass is 10.0. The Labute approximate surface area is 213 Å². The van der Waals surface area contributed by atoms with Gasteiger partial charge in [-0.1, -0.05) is 55.3 Å². The first kappa shape index (κ1) is 26.3. The molecule has 6 heteroatoms. The molecule has 3 aromatic carbocycles. The maximum Gasteiger partial charge on any atom is 0.257 e. The summed E-state index contributed by atoms with van der Waals surface area (Å²) in [6.07, 6.45) is 0. The van der Waals surface area contributed by atoms with Crippen LogP contribution in [-0.2, 0) is 6.54 Å². The molecule has 1 atom stereocenters. The zero-order valence-corrected chi connectivity index (χ0v) is 22.1. The van der Waals surface area contributed by atoms with Crippen molar-refractivity contribution < 1.29 is 9.59 Å². The lowest BCUT2D eigenvalue weighted by Crippen LogP contribution is -2.41. The second-order valence-corrected chi connectivity index (χ2v) is 9.87. The average molecular weight is 492 g/mol. The van der Waals surface area contributed by atoms with Gasteiger partial charge in [0.15, 0.2) is 0 Å². The van der Waals surface area contributed by atoms with Gasteiger partial charge in [-0.2, -0.15) is 0 Å².